The maximum atomic E-state index is 12.7. The van der Waals surface area contributed by atoms with E-state index in [0.717, 1.165) is 11.8 Å². The van der Waals surface area contributed by atoms with Crippen LogP contribution in [0.2, 0.25) is 0 Å². The Morgan fingerprint density at radius 2 is 1.65 bits per heavy atom. The van der Waals surface area contributed by atoms with E-state index < -0.39 is 13.2 Å². The molecule has 0 amide bonds. The molecule has 9 heteroatoms. The van der Waals surface area contributed by atoms with E-state index in [1.54, 1.807) is 5.38 Å². The van der Waals surface area contributed by atoms with E-state index >= 15 is 0 Å². The fourth-order valence-corrected chi connectivity index (χ4v) is 2.91. The molecule has 0 saturated heterocycles. The Morgan fingerprint density at radius 3 is 2.35 bits per heavy atom. The molecule has 0 aliphatic rings. The van der Waals surface area contributed by atoms with E-state index in [4.69, 9.17) is 0 Å². The van der Waals surface area contributed by atoms with Gasteiger partial charge in [-0.15, -0.1) is 11.3 Å². The van der Waals surface area contributed by atoms with Crippen LogP contribution in [-0.4, -0.2) is 18.2 Å². The van der Waals surface area contributed by atoms with Crippen molar-refractivity contribution in [3.8, 4) is 22.8 Å². The number of hydrogen-bond donors (Lipinski definition) is 1. The van der Waals surface area contributed by atoms with Crippen LogP contribution in [0.5, 0.6) is 11.5 Å². The third kappa shape index (κ3) is 4.63. The lowest BCUT2D eigenvalue weighted by atomic mass is 10.1. The summed E-state index contributed by atoms with van der Waals surface area (Å²) in [5, 5.41) is 5.28. The largest absolute Gasteiger partial charge is 0.435 e. The summed E-state index contributed by atoms with van der Waals surface area (Å²) in [5.41, 5.74) is 1.43. The minimum Gasteiger partial charge on any atom is -0.435 e. The first kappa shape index (κ1) is 18.0. The Kier molecular flexibility index (Phi) is 5.57. The van der Waals surface area contributed by atoms with Crippen molar-refractivity contribution in [2.45, 2.75) is 13.2 Å². The van der Waals surface area contributed by atoms with Crippen LogP contribution in [0.15, 0.2) is 53.9 Å². The summed E-state index contributed by atoms with van der Waals surface area (Å²) < 4.78 is 58.6. The van der Waals surface area contributed by atoms with E-state index in [9.17, 15) is 17.6 Å². The van der Waals surface area contributed by atoms with Gasteiger partial charge in [-0.2, -0.15) is 17.6 Å². The fraction of sp³-hybridized carbons (Fsp3) is 0.118. The van der Waals surface area contributed by atoms with Gasteiger partial charge < -0.3 is 14.8 Å². The first-order chi connectivity index (χ1) is 12.5. The van der Waals surface area contributed by atoms with Gasteiger partial charge in [-0.3, -0.25) is 0 Å². The van der Waals surface area contributed by atoms with E-state index in [0.29, 0.717) is 10.8 Å². The average molecular weight is 384 g/mol. The lowest BCUT2D eigenvalue weighted by Crippen LogP contribution is -2.05. The minimum absolute atomic E-state index is 0.240. The van der Waals surface area contributed by atoms with Gasteiger partial charge in [0.15, 0.2) is 5.13 Å². The zero-order chi connectivity index (χ0) is 18.5. The molecule has 3 rings (SSSR count). The number of nitrogens with zero attached hydrogens (tertiary/aromatic N) is 1. The van der Waals surface area contributed by atoms with Crippen LogP contribution in [0.25, 0.3) is 11.3 Å². The highest BCUT2D eigenvalue weighted by atomic mass is 32.1. The second-order valence-corrected chi connectivity index (χ2v) is 5.80. The van der Waals surface area contributed by atoms with Crippen molar-refractivity contribution < 1.29 is 27.0 Å². The topological polar surface area (TPSA) is 43.4 Å². The summed E-state index contributed by atoms with van der Waals surface area (Å²) in [7, 11) is 0. The summed E-state index contributed by atoms with van der Waals surface area (Å²) in [6, 6.07) is 12.8. The number of thiazole rings is 1. The van der Waals surface area contributed by atoms with Crippen LogP contribution in [0, 0.1) is 0 Å². The molecule has 0 fully saturated rings. The van der Waals surface area contributed by atoms with E-state index in [1.165, 1.54) is 23.5 Å². The van der Waals surface area contributed by atoms with Crippen molar-refractivity contribution >= 4 is 22.2 Å². The second-order valence-electron chi connectivity index (χ2n) is 4.94. The van der Waals surface area contributed by atoms with Gasteiger partial charge in [0.05, 0.1) is 5.69 Å². The molecule has 2 aromatic carbocycles. The monoisotopic (exact) mass is 384 g/mol. The van der Waals surface area contributed by atoms with Crippen molar-refractivity contribution in [2.24, 2.45) is 0 Å². The molecule has 3 aromatic rings. The number of halogens is 4. The van der Waals surface area contributed by atoms with E-state index in [-0.39, 0.29) is 17.1 Å². The van der Waals surface area contributed by atoms with Crippen molar-refractivity contribution in [1.29, 1.82) is 0 Å². The third-order valence-corrected chi connectivity index (χ3v) is 3.96. The Morgan fingerprint density at radius 1 is 0.923 bits per heavy atom. The number of benzene rings is 2. The molecular weight excluding hydrogens is 372 g/mol. The van der Waals surface area contributed by atoms with E-state index in [1.807, 2.05) is 30.3 Å². The van der Waals surface area contributed by atoms with Gasteiger partial charge in [0, 0.05) is 22.7 Å². The number of alkyl halides is 4. The Bertz CT molecular complexity index is 859. The zero-order valence-electron chi connectivity index (χ0n) is 13.0. The molecule has 4 nitrogen and oxygen atoms in total. The Labute approximate surface area is 150 Å². The number of para-hydroxylation sites is 1. The van der Waals surface area contributed by atoms with E-state index in [2.05, 4.69) is 19.8 Å². The summed E-state index contributed by atoms with van der Waals surface area (Å²) in [5.74, 6) is -0.577. The zero-order valence-corrected chi connectivity index (χ0v) is 13.9. The standard InChI is InChI=1S/C17H12F4N2O2S/c18-15(19)24-11-6-7-12(14(8-11)25-16(20)21)13-9-26-17(23-13)22-10-4-2-1-3-5-10/h1-9,15-16H,(H,22,23). The summed E-state index contributed by atoms with van der Waals surface area (Å²) in [4.78, 5) is 4.33. The normalized spacial score (nSPS) is 11.0. The smallest absolute Gasteiger partial charge is 0.387 e. The summed E-state index contributed by atoms with van der Waals surface area (Å²) in [6.07, 6.45) is 0. The lowest BCUT2D eigenvalue weighted by molar-refractivity contribution is -0.0540. The molecular formula is C17H12F4N2O2S. The molecule has 0 radical (unpaired) electrons. The number of aromatic nitrogens is 1. The predicted molar refractivity (Wildman–Crippen MR) is 90.5 cm³/mol. The maximum Gasteiger partial charge on any atom is 0.387 e. The highest BCUT2D eigenvalue weighted by Gasteiger charge is 2.16. The molecule has 0 atom stereocenters. The number of anilines is 2. The van der Waals surface area contributed by atoms with Gasteiger partial charge in [0.2, 0.25) is 0 Å². The lowest BCUT2D eigenvalue weighted by Gasteiger charge is -2.12. The fourth-order valence-electron chi connectivity index (χ4n) is 2.18. The molecule has 1 N–H and O–H groups in total. The first-order valence-electron chi connectivity index (χ1n) is 7.33. The number of nitrogens with one attached hydrogen (secondary N) is 1. The third-order valence-electron chi connectivity index (χ3n) is 3.20. The van der Waals surface area contributed by atoms with Crippen LogP contribution in [-0.2, 0) is 0 Å². The van der Waals surface area contributed by atoms with Crippen LogP contribution in [0.4, 0.5) is 28.4 Å². The molecule has 1 heterocycles. The van der Waals surface area contributed by atoms with Gasteiger partial charge in [-0.25, -0.2) is 4.98 Å². The molecule has 26 heavy (non-hydrogen) atoms. The van der Waals surface area contributed by atoms with Gasteiger partial charge in [-0.05, 0) is 24.3 Å². The molecule has 0 aliphatic heterocycles. The van der Waals surface area contributed by atoms with Gasteiger partial charge in [0.25, 0.3) is 0 Å². The van der Waals surface area contributed by atoms with Crippen LogP contribution in [0.3, 0.4) is 0 Å². The Balaban J connectivity index is 1.87. The van der Waals surface area contributed by atoms with Crippen LogP contribution < -0.4 is 14.8 Å². The van der Waals surface area contributed by atoms with Gasteiger partial charge in [-0.1, -0.05) is 18.2 Å². The van der Waals surface area contributed by atoms with Crippen molar-refractivity contribution in [2.75, 3.05) is 5.32 Å². The molecule has 1 aromatic heterocycles. The first-order valence-corrected chi connectivity index (χ1v) is 8.21. The van der Waals surface area contributed by atoms with Crippen molar-refractivity contribution in [1.82, 2.24) is 4.98 Å². The van der Waals surface area contributed by atoms with Crippen LogP contribution >= 0.6 is 11.3 Å². The molecule has 0 aliphatic carbocycles. The predicted octanol–water partition coefficient (Wildman–Crippen LogP) is 5.76. The molecule has 0 bridgehead atoms. The molecule has 0 spiro atoms. The highest BCUT2D eigenvalue weighted by Crippen LogP contribution is 2.36. The maximum absolute atomic E-state index is 12.7. The number of rotatable bonds is 7. The minimum atomic E-state index is -3.11. The van der Waals surface area contributed by atoms with Gasteiger partial charge in [0.1, 0.15) is 11.5 Å². The van der Waals surface area contributed by atoms with Crippen LogP contribution in [0.1, 0.15) is 0 Å². The Hall–Kier alpha value is -2.81. The molecule has 0 saturated carbocycles. The molecule has 136 valence electrons. The summed E-state index contributed by atoms with van der Waals surface area (Å²) >= 11 is 1.27. The summed E-state index contributed by atoms with van der Waals surface area (Å²) in [6.45, 7) is -6.18. The average Bonchev–Trinajstić information content (AvgIpc) is 3.03. The van der Waals surface area contributed by atoms with Crippen molar-refractivity contribution in [3.05, 3.63) is 53.9 Å². The number of ether oxygens (including phenoxy) is 2. The molecule has 0 unspecified atom stereocenters. The number of hydrogen-bond acceptors (Lipinski definition) is 5. The SMILES string of the molecule is FC(F)Oc1ccc(-c2csc(Nc3ccccc3)n2)c(OC(F)F)c1. The van der Waals surface area contributed by atoms with Crippen molar-refractivity contribution in [3.63, 3.8) is 0 Å². The second kappa shape index (κ2) is 8.05. The highest BCUT2D eigenvalue weighted by molar-refractivity contribution is 7.14. The van der Waals surface area contributed by atoms with Gasteiger partial charge >= 0.3 is 13.2 Å². The quantitative estimate of drug-likeness (QED) is 0.526.